The molecule has 1 aliphatic rings. The highest BCUT2D eigenvalue weighted by atomic mass is 32.2. The Morgan fingerprint density at radius 2 is 2.04 bits per heavy atom. The smallest absolute Gasteiger partial charge is 0.305 e. The minimum Gasteiger partial charge on any atom is -0.451 e. The van der Waals surface area contributed by atoms with Gasteiger partial charge in [-0.1, -0.05) is 0 Å². The molecule has 1 atom stereocenters. The summed E-state index contributed by atoms with van der Waals surface area (Å²) < 4.78 is 41.4. The number of carbonyl (C=O) groups excluding carboxylic acids is 2. The van der Waals surface area contributed by atoms with Gasteiger partial charge in [-0.15, -0.1) is 0 Å². The van der Waals surface area contributed by atoms with Gasteiger partial charge in [0.15, 0.2) is 15.6 Å². The molecule has 0 spiro atoms. The Hall–Kier alpha value is -2.42. The fourth-order valence-corrected chi connectivity index (χ4v) is 4.43. The van der Waals surface area contributed by atoms with Crippen molar-refractivity contribution in [1.29, 1.82) is 0 Å². The number of aryl methyl sites for hydroxylation is 1. The number of amides is 2. The first-order valence-electron chi connectivity index (χ1n) is 7.26. The fourth-order valence-electron chi connectivity index (χ4n) is 2.69. The summed E-state index contributed by atoms with van der Waals surface area (Å²) in [4.78, 5) is 24.0. The van der Waals surface area contributed by atoms with Gasteiger partial charge in [0.2, 0.25) is 5.91 Å². The fraction of sp³-hybridized carbons (Fsp3) is 0.333. The van der Waals surface area contributed by atoms with Gasteiger partial charge in [-0.2, -0.15) is 0 Å². The van der Waals surface area contributed by atoms with Crippen molar-refractivity contribution >= 4 is 32.6 Å². The van der Waals surface area contributed by atoms with E-state index < -0.39 is 33.4 Å². The lowest BCUT2D eigenvalue weighted by Crippen LogP contribution is -2.44. The molecule has 0 unspecified atom stereocenters. The van der Waals surface area contributed by atoms with Crippen molar-refractivity contribution in [2.75, 3.05) is 11.5 Å². The van der Waals surface area contributed by atoms with E-state index in [0.717, 1.165) is 0 Å². The average molecular weight is 354 g/mol. The van der Waals surface area contributed by atoms with E-state index in [1.165, 1.54) is 18.2 Å². The van der Waals surface area contributed by atoms with Crippen LogP contribution in [-0.4, -0.2) is 31.7 Å². The van der Waals surface area contributed by atoms with Crippen LogP contribution in [0.5, 0.6) is 0 Å². The molecule has 3 rings (SSSR count). The van der Waals surface area contributed by atoms with E-state index in [1.807, 2.05) is 0 Å². The maximum absolute atomic E-state index is 13.3. The number of benzene rings is 1. The van der Waals surface area contributed by atoms with Crippen molar-refractivity contribution in [3.63, 3.8) is 0 Å². The summed E-state index contributed by atoms with van der Waals surface area (Å²) in [6, 6.07) is 3.89. The topological polar surface area (TPSA) is 105 Å². The van der Waals surface area contributed by atoms with Crippen LogP contribution in [0.1, 0.15) is 22.5 Å². The molecule has 1 aliphatic heterocycles. The number of fused-ring (bicyclic) bond motifs is 1. The number of rotatable bonds is 2. The summed E-state index contributed by atoms with van der Waals surface area (Å²) in [7, 11) is -3.19. The van der Waals surface area contributed by atoms with Gasteiger partial charge in [-0.05, 0) is 31.5 Å². The number of carbonyl (C=O) groups is 2. The summed E-state index contributed by atoms with van der Waals surface area (Å²) >= 11 is 0. The van der Waals surface area contributed by atoms with E-state index in [-0.39, 0.29) is 23.7 Å². The van der Waals surface area contributed by atoms with Crippen LogP contribution < -0.4 is 10.9 Å². The summed E-state index contributed by atoms with van der Waals surface area (Å²) in [5.41, 5.74) is 5.20. The van der Waals surface area contributed by atoms with Gasteiger partial charge in [0.25, 0.3) is 0 Å². The molecular weight excluding hydrogens is 339 g/mol. The van der Waals surface area contributed by atoms with Gasteiger partial charge >= 0.3 is 5.91 Å². The molecule has 1 aromatic heterocycles. The van der Waals surface area contributed by atoms with Gasteiger partial charge < -0.3 is 4.42 Å². The predicted octanol–water partition coefficient (Wildman–Crippen LogP) is 1.08. The highest BCUT2D eigenvalue weighted by molar-refractivity contribution is 7.91. The molecule has 1 fully saturated rings. The lowest BCUT2D eigenvalue weighted by Gasteiger charge is -2.09. The zero-order chi connectivity index (χ0) is 17.5. The second-order valence-electron chi connectivity index (χ2n) is 5.74. The highest BCUT2D eigenvalue weighted by Crippen LogP contribution is 2.25. The van der Waals surface area contributed by atoms with Crippen molar-refractivity contribution in [3.05, 3.63) is 35.3 Å². The van der Waals surface area contributed by atoms with Crippen molar-refractivity contribution < 1.29 is 26.8 Å². The Bertz CT molecular complexity index is 935. The number of furan rings is 1. The first-order valence-corrected chi connectivity index (χ1v) is 9.08. The van der Waals surface area contributed by atoms with Crippen LogP contribution in [0.3, 0.4) is 0 Å². The zero-order valence-corrected chi connectivity index (χ0v) is 13.6. The average Bonchev–Trinajstić information content (AvgIpc) is 3.05. The lowest BCUT2D eigenvalue weighted by atomic mass is 10.1. The predicted molar refractivity (Wildman–Crippen MR) is 83.3 cm³/mol. The number of nitrogens with one attached hydrogen (secondary N) is 2. The van der Waals surface area contributed by atoms with E-state index >= 15 is 0 Å². The molecular formula is C15H15FN2O5S. The molecule has 2 amide bonds. The number of hydrogen-bond acceptors (Lipinski definition) is 5. The number of hydrazine groups is 1. The van der Waals surface area contributed by atoms with Gasteiger partial charge in [-0.3, -0.25) is 20.4 Å². The van der Waals surface area contributed by atoms with Crippen LogP contribution >= 0.6 is 0 Å². The van der Waals surface area contributed by atoms with Crippen molar-refractivity contribution in [2.45, 2.75) is 13.3 Å². The maximum Gasteiger partial charge on any atom is 0.305 e. The van der Waals surface area contributed by atoms with Crippen LogP contribution in [0.25, 0.3) is 11.0 Å². The van der Waals surface area contributed by atoms with Crippen molar-refractivity contribution in [1.82, 2.24) is 10.9 Å². The van der Waals surface area contributed by atoms with Crippen molar-refractivity contribution in [3.8, 4) is 0 Å². The molecule has 128 valence electrons. The first-order chi connectivity index (χ1) is 11.3. The van der Waals surface area contributed by atoms with Crippen LogP contribution in [-0.2, 0) is 14.6 Å². The molecule has 24 heavy (non-hydrogen) atoms. The largest absolute Gasteiger partial charge is 0.451 e. The summed E-state index contributed by atoms with van der Waals surface area (Å²) in [5, 5.41) is 0.466. The number of hydrogen-bond donors (Lipinski definition) is 2. The summed E-state index contributed by atoms with van der Waals surface area (Å²) in [6.45, 7) is 1.60. The Morgan fingerprint density at radius 3 is 2.71 bits per heavy atom. The normalized spacial score (nSPS) is 19.3. The van der Waals surface area contributed by atoms with Gasteiger partial charge in [-0.25, -0.2) is 12.8 Å². The minimum absolute atomic E-state index is 0.0344. The van der Waals surface area contributed by atoms with Gasteiger partial charge in [0.05, 0.1) is 17.4 Å². The molecule has 2 N–H and O–H groups in total. The molecule has 1 saturated heterocycles. The molecule has 1 aromatic carbocycles. The zero-order valence-electron chi connectivity index (χ0n) is 12.8. The van der Waals surface area contributed by atoms with E-state index in [9.17, 15) is 22.4 Å². The second kappa shape index (κ2) is 5.90. The third-order valence-electron chi connectivity index (χ3n) is 4.01. The van der Waals surface area contributed by atoms with E-state index in [2.05, 4.69) is 10.9 Å². The number of sulfone groups is 1. The molecule has 2 aromatic rings. The molecule has 7 nitrogen and oxygen atoms in total. The minimum atomic E-state index is -3.19. The van der Waals surface area contributed by atoms with E-state index in [0.29, 0.717) is 16.5 Å². The number of halogens is 1. The molecule has 9 heteroatoms. The Kier molecular flexibility index (Phi) is 4.04. The Morgan fingerprint density at radius 1 is 1.29 bits per heavy atom. The second-order valence-corrected chi connectivity index (χ2v) is 7.97. The quantitative estimate of drug-likeness (QED) is 0.785. The van der Waals surface area contributed by atoms with Crippen LogP contribution in [0.2, 0.25) is 0 Å². The highest BCUT2D eigenvalue weighted by Gasteiger charge is 2.33. The molecule has 0 aliphatic carbocycles. The third-order valence-corrected chi connectivity index (χ3v) is 5.77. The molecule has 0 bridgehead atoms. The van der Waals surface area contributed by atoms with Crippen molar-refractivity contribution in [2.24, 2.45) is 5.92 Å². The standard InChI is InChI=1S/C15H15FN2O5S/c1-8-11-6-10(16)2-3-12(11)23-13(8)15(20)18-17-14(19)9-4-5-24(21,22)7-9/h2-3,6,9H,4-5,7H2,1H3,(H,17,19)(H,18,20)/t9-/m0/s1. The maximum atomic E-state index is 13.3. The SMILES string of the molecule is Cc1c(C(=O)NNC(=O)[C@H]2CCS(=O)(=O)C2)oc2ccc(F)cc12. The Balaban J connectivity index is 1.69. The summed E-state index contributed by atoms with van der Waals surface area (Å²) in [6.07, 6.45) is 0.229. The van der Waals surface area contributed by atoms with Gasteiger partial charge in [0, 0.05) is 10.9 Å². The van der Waals surface area contributed by atoms with Crippen LogP contribution in [0.15, 0.2) is 22.6 Å². The summed E-state index contributed by atoms with van der Waals surface area (Å²) in [5.74, 6) is -2.70. The lowest BCUT2D eigenvalue weighted by molar-refractivity contribution is -0.125. The molecule has 0 radical (unpaired) electrons. The third kappa shape index (κ3) is 3.12. The molecule has 0 saturated carbocycles. The Labute approximate surface area is 137 Å². The first kappa shape index (κ1) is 16.4. The van der Waals surface area contributed by atoms with Crippen LogP contribution in [0, 0.1) is 18.7 Å². The van der Waals surface area contributed by atoms with E-state index in [4.69, 9.17) is 4.42 Å². The monoisotopic (exact) mass is 354 g/mol. The van der Waals surface area contributed by atoms with E-state index in [1.54, 1.807) is 6.92 Å². The molecule has 2 heterocycles. The van der Waals surface area contributed by atoms with Crippen LogP contribution in [0.4, 0.5) is 4.39 Å². The van der Waals surface area contributed by atoms with Gasteiger partial charge in [0.1, 0.15) is 11.4 Å².